The second-order valence-electron chi connectivity index (χ2n) is 4.56. The van der Waals surface area contributed by atoms with Crippen molar-refractivity contribution in [3.05, 3.63) is 16.5 Å². The van der Waals surface area contributed by atoms with Crippen LogP contribution in [-0.2, 0) is 4.79 Å². The summed E-state index contributed by atoms with van der Waals surface area (Å²) >= 11 is 2.78. The maximum atomic E-state index is 12.2. The van der Waals surface area contributed by atoms with Gasteiger partial charge in [0.15, 0.2) is 0 Å². The number of amides is 1. The van der Waals surface area contributed by atoms with E-state index in [1.807, 2.05) is 6.92 Å². The lowest BCUT2D eigenvalue weighted by Crippen LogP contribution is -2.34. The van der Waals surface area contributed by atoms with Gasteiger partial charge in [-0.25, -0.2) is 4.79 Å². The maximum absolute atomic E-state index is 12.2. The molecule has 0 bridgehead atoms. The summed E-state index contributed by atoms with van der Waals surface area (Å²) in [6, 6.07) is 1.72. The minimum atomic E-state index is -0.945. The Kier molecular flexibility index (Phi) is 3.68. The second-order valence-corrected chi connectivity index (χ2v) is 7.22. The molecule has 1 amide bonds. The first-order chi connectivity index (χ1) is 8.42. The van der Waals surface area contributed by atoms with Gasteiger partial charge in [0.25, 0.3) is 0 Å². The van der Waals surface area contributed by atoms with Crippen molar-refractivity contribution in [1.29, 1.82) is 0 Å². The van der Waals surface area contributed by atoms with Crippen molar-refractivity contribution in [1.82, 2.24) is 0 Å². The van der Waals surface area contributed by atoms with Crippen molar-refractivity contribution in [2.75, 3.05) is 11.1 Å². The largest absolute Gasteiger partial charge is 0.477 e. The Hall–Kier alpha value is -1.01. The van der Waals surface area contributed by atoms with E-state index in [-0.39, 0.29) is 15.5 Å². The Morgan fingerprint density at radius 2 is 2.22 bits per heavy atom. The molecule has 2 rings (SSSR count). The first kappa shape index (κ1) is 13.4. The van der Waals surface area contributed by atoms with Crippen molar-refractivity contribution >= 4 is 40.0 Å². The highest BCUT2D eigenvalue weighted by molar-refractivity contribution is 8.01. The van der Waals surface area contributed by atoms with Gasteiger partial charge in [-0.1, -0.05) is 0 Å². The van der Waals surface area contributed by atoms with Crippen LogP contribution in [0, 0.1) is 6.92 Å². The van der Waals surface area contributed by atoms with Crippen LogP contribution in [0.1, 0.15) is 35.0 Å². The van der Waals surface area contributed by atoms with Gasteiger partial charge in [-0.2, -0.15) is 0 Å². The molecular weight excluding hydrogens is 270 g/mol. The van der Waals surface area contributed by atoms with E-state index in [1.54, 1.807) is 24.8 Å². The quantitative estimate of drug-likeness (QED) is 0.896. The summed E-state index contributed by atoms with van der Waals surface area (Å²) in [7, 11) is 0. The Bertz CT molecular complexity index is 490. The van der Waals surface area contributed by atoms with Crippen molar-refractivity contribution < 1.29 is 14.7 Å². The number of thioether (sulfide) groups is 1. The Balaban J connectivity index is 2.12. The Morgan fingerprint density at radius 1 is 1.50 bits per heavy atom. The van der Waals surface area contributed by atoms with Crippen LogP contribution >= 0.6 is 23.1 Å². The van der Waals surface area contributed by atoms with E-state index in [1.165, 1.54) is 0 Å². The van der Waals surface area contributed by atoms with Crippen LogP contribution in [0.3, 0.4) is 0 Å². The number of thiophene rings is 1. The summed E-state index contributed by atoms with van der Waals surface area (Å²) < 4.78 is -0.374. The first-order valence-corrected chi connectivity index (χ1v) is 7.52. The minimum Gasteiger partial charge on any atom is -0.477 e. The van der Waals surface area contributed by atoms with Gasteiger partial charge in [-0.3, -0.25) is 4.79 Å². The molecule has 1 aromatic rings. The van der Waals surface area contributed by atoms with Crippen LogP contribution in [0.2, 0.25) is 0 Å². The van der Waals surface area contributed by atoms with Gasteiger partial charge < -0.3 is 10.4 Å². The Morgan fingerprint density at radius 3 is 2.72 bits per heavy atom. The molecule has 18 heavy (non-hydrogen) atoms. The summed E-state index contributed by atoms with van der Waals surface area (Å²) in [6.45, 7) is 3.68. The molecule has 0 spiro atoms. The molecule has 1 unspecified atom stereocenters. The van der Waals surface area contributed by atoms with Crippen LogP contribution in [0.15, 0.2) is 6.07 Å². The molecule has 98 valence electrons. The van der Waals surface area contributed by atoms with Gasteiger partial charge >= 0.3 is 5.97 Å². The van der Waals surface area contributed by atoms with E-state index in [0.717, 1.165) is 29.9 Å². The third-order valence-electron chi connectivity index (χ3n) is 3.05. The number of carbonyl (C=O) groups is 2. The molecule has 1 aliphatic heterocycles. The van der Waals surface area contributed by atoms with E-state index in [4.69, 9.17) is 5.11 Å². The predicted octanol–water partition coefficient (Wildman–Crippen LogP) is 2.98. The number of aromatic carboxylic acids is 1. The fourth-order valence-electron chi connectivity index (χ4n) is 1.96. The fraction of sp³-hybridized carbons (Fsp3) is 0.500. The van der Waals surface area contributed by atoms with Crippen molar-refractivity contribution in [3.63, 3.8) is 0 Å². The molecule has 1 atom stereocenters. The van der Waals surface area contributed by atoms with Crippen LogP contribution in [-0.4, -0.2) is 27.5 Å². The molecule has 0 aromatic carbocycles. The van der Waals surface area contributed by atoms with E-state index < -0.39 is 5.97 Å². The molecule has 4 nitrogen and oxygen atoms in total. The van der Waals surface area contributed by atoms with Crippen molar-refractivity contribution in [2.24, 2.45) is 0 Å². The summed E-state index contributed by atoms with van der Waals surface area (Å²) in [5.74, 6) is 0.0379. The van der Waals surface area contributed by atoms with Crippen LogP contribution in [0.4, 0.5) is 5.00 Å². The molecule has 2 N–H and O–H groups in total. The third kappa shape index (κ3) is 2.54. The molecule has 1 saturated heterocycles. The average molecular weight is 285 g/mol. The highest BCUT2D eigenvalue weighted by Crippen LogP contribution is 2.39. The number of carbonyl (C=O) groups excluding carboxylic acids is 1. The predicted molar refractivity (Wildman–Crippen MR) is 74.7 cm³/mol. The summed E-state index contributed by atoms with van der Waals surface area (Å²) in [6.07, 6.45) is 1.93. The van der Waals surface area contributed by atoms with Crippen LogP contribution in [0.25, 0.3) is 0 Å². The second kappa shape index (κ2) is 4.93. The SMILES string of the molecule is Cc1cc(NC(=O)C2(C)CCCS2)sc1C(=O)O. The molecule has 6 heteroatoms. The van der Waals surface area contributed by atoms with Gasteiger partial charge in [-0.15, -0.1) is 23.1 Å². The maximum Gasteiger partial charge on any atom is 0.346 e. The number of nitrogens with one attached hydrogen (secondary N) is 1. The molecular formula is C12H15NO3S2. The number of carboxylic acids is 1. The topological polar surface area (TPSA) is 66.4 Å². The highest BCUT2D eigenvalue weighted by atomic mass is 32.2. The van der Waals surface area contributed by atoms with E-state index in [9.17, 15) is 9.59 Å². The fourth-order valence-corrected chi connectivity index (χ4v) is 4.07. The summed E-state index contributed by atoms with van der Waals surface area (Å²) in [5, 5.41) is 12.4. The summed E-state index contributed by atoms with van der Waals surface area (Å²) in [5.41, 5.74) is 0.687. The van der Waals surface area contributed by atoms with Gasteiger partial charge in [0, 0.05) is 0 Å². The van der Waals surface area contributed by atoms with Crippen molar-refractivity contribution in [3.8, 4) is 0 Å². The number of aryl methyl sites for hydroxylation is 1. The lowest BCUT2D eigenvalue weighted by Gasteiger charge is -2.20. The number of hydrogen-bond acceptors (Lipinski definition) is 4. The van der Waals surface area contributed by atoms with E-state index in [0.29, 0.717) is 10.6 Å². The lowest BCUT2D eigenvalue weighted by molar-refractivity contribution is -0.118. The van der Waals surface area contributed by atoms with Crippen LogP contribution in [0.5, 0.6) is 0 Å². The van der Waals surface area contributed by atoms with Gasteiger partial charge in [-0.05, 0) is 44.1 Å². The summed E-state index contributed by atoms with van der Waals surface area (Å²) in [4.78, 5) is 23.4. The zero-order valence-corrected chi connectivity index (χ0v) is 11.9. The molecule has 2 heterocycles. The van der Waals surface area contributed by atoms with E-state index in [2.05, 4.69) is 5.32 Å². The molecule has 0 radical (unpaired) electrons. The Labute approximate surface area is 114 Å². The van der Waals surface area contributed by atoms with Gasteiger partial charge in [0.2, 0.25) is 5.91 Å². The number of anilines is 1. The third-order valence-corrected chi connectivity index (χ3v) is 5.71. The monoisotopic (exact) mass is 285 g/mol. The number of carboxylic acid groups (broad SMARTS) is 1. The number of hydrogen-bond donors (Lipinski definition) is 2. The average Bonchev–Trinajstić information content (AvgIpc) is 2.86. The van der Waals surface area contributed by atoms with Crippen molar-refractivity contribution in [2.45, 2.75) is 31.4 Å². The zero-order chi connectivity index (χ0) is 13.3. The smallest absolute Gasteiger partial charge is 0.346 e. The molecule has 1 aliphatic rings. The lowest BCUT2D eigenvalue weighted by atomic mass is 10.1. The van der Waals surface area contributed by atoms with Crippen LogP contribution < -0.4 is 5.32 Å². The standard InChI is InChI=1S/C12H15NO3S2/c1-7-6-8(18-9(7)10(14)15)13-11(16)12(2)4-3-5-17-12/h6H,3-5H2,1-2H3,(H,13,16)(H,14,15). The minimum absolute atomic E-state index is 0.0248. The highest BCUT2D eigenvalue weighted by Gasteiger charge is 2.37. The van der Waals surface area contributed by atoms with E-state index >= 15 is 0 Å². The molecule has 0 saturated carbocycles. The normalized spacial score (nSPS) is 23.0. The molecule has 1 aromatic heterocycles. The molecule has 1 fully saturated rings. The zero-order valence-electron chi connectivity index (χ0n) is 10.3. The van der Waals surface area contributed by atoms with Gasteiger partial charge in [0.1, 0.15) is 4.88 Å². The molecule has 0 aliphatic carbocycles. The number of rotatable bonds is 3. The first-order valence-electron chi connectivity index (χ1n) is 5.71. The van der Waals surface area contributed by atoms with Gasteiger partial charge in [0.05, 0.1) is 9.75 Å².